The van der Waals surface area contributed by atoms with Gasteiger partial charge in [0.2, 0.25) is 0 Å². The zero-order chi connectivity index (χ0) is 7.44. The Hall–Kier alpha value is 0.01000. The van der Waals surface area contributed by atoms with Gasteiger partial charge < -0.3 is 10.2 Å². The van der Waals surface area contributed by atoms with Crippen molar-refractivity contribution < 1.29 is 15.0 Å². The summed E-state index contributed by atoms with van der Waals surface area (Å²) >= 11 is 10.4. The van der Waals surface area contributed by atoms with Crippen LogP contribution < -0.4 is 0 Å². The summed E-state index contributed by atoms with van der Waals surface area (Å²) in [6.45, 7) is 0. The van der Waals surface area contributed by atoms with E-state index >= 15 is 0 Å². The van der Waals surface area contributed by atoms with Gasteiger partial charge in [0, 0.05) is 5.88 Å². The van der Waals surface area contributed by atoms with Crippen molar-refractivity contribution in [2.45, 2.75) is 11.5 Å². The minimum atomic E-state index is -1.57. The monoisotopic (exact) mass is 172 g/mol. The number of halogens is 2. The summed E-state index contributed by atoms with van der Waals surface area (Å²) in [6.07, 6.45) is -1.57. The van der Waals surface area contributed by atoms with Crippen LogP contribution in [0.25, 0.3) is 0 Å². The predicted molar refractivity (Wildman–Crippen MR) is 34.0 cm³/mol. The van der Waals surface area contributed by atoms with E-state index in [0.717, 1.165) is 0 Å². The third-order valence-corrected chi connectivity index (χ3v) is 1.63. The van der Waals surface area contributed by atoms with Gasteiger partial charge in [-0.3, -0.25) is 0 Å². The van der Waals surface area contributed by atoms with Crippen LogP contribution in [0.15, 0.2) is 0 Å². The third-order valence-electron chi connectivity index (χ3n) is 0.743. The highest BCUT2D eigenvalue weighted by Crippen LogP contribution is 2.04. The number of carbonyl (C=O) groups is 1. The Morgan fingerprint density at radius 3 is 2.22 bits per heavy atom. The zero-order valence-corrected chi connectivity index (χ0v) is 5.93. The van der Waals surface area contributed by atoms with Crippen molar-refractivity contribution in [3.63, 3.8) is 0 Å². The lowest BCUT2D eigenvalue weighted by Gasteiger charge is -2.07. The number of carboxylic acids is 1. The molecule has 0 aromatic heterocycles. The Kier molecular flexibility index (Phi) is 3.93. The number of alkyl halides is 2. The van der Waals surface area contributed by atoms with E-state index in [4.69, 9.17) is 33.4 Å². The quantitative estimate of drug-likeness (QED) is 0.602. The van der Waals surface area contributed by atoms with E-state index < -0.39 is 17.5 Å². The maximum absolute atomic E-state index is 9.91. The number of hydrogen-bond acceptors (Lipinski definition) is 2. The van der Waals surface area contributed by atoms with Crippen molar-refractivity contribution in [1.82, 2.24) is 0 Å². The van der Waals surface area contributed by atoms with Crippen LogP contribution >= 0.6 is 23.2 Å². The smallest absolute Gasteiger partial charge is 0.334 e. The average Bonchev–Trinajstić information content (AvgIpc) is 1.84. The molecule has 0 bridgehead atoms. The van der Waals surface area contributed by atoms with Crippen molar-refractivity contribution >= 4 is 29.2 Å². The topological polar surface area (TPSA) is 57.5 Å². The highest BCUT2D eigenvalue weighted by molar-refractivity contribution is 6.29. The van der Waals surface area contributed by atoms with Crippen LogP contribution in [-0.4, -0.2) is 33.5 Å². The van der Waals surface area contributed by atoms with Crippen molar-refractivity contribution in [2.24, 2.45) is 0 Å². The summed E-state index contributed by atoms with van der Waals surface area (Å²) in [5.41, 5.74) is 0. The number of aliphatic carboxylic acids is 1. The summed E-state index contributed by atoms with van der Waals surface area (Å²) in [5.74, 6) is -1.43. The molecule has 0 saturated carbocycles. The maximum Gasteiger partial charge on any atom is 0.334 e. The molecule has 54 valence electrons. The Labute approximate surface area is 62.2 Å². The molecule has 0 radical (unpaired) electrons. The van der Waals surface area contributed by atoms with Gasteiger partial charge in [-0.15, -0.1) is 23.2 Å². The molecule has 0 aromatic carbocycles. The first-order valence-corrected chi connectivity index (χ1v) is 3.17. The minimum Gasteiger partial charge on any atom is -0.479 e. The van der Waals surface area contributed by atoms with E-state index in [1.165, 1.54) is 0 Å². The number of carboxylic acid groups (broad SMARTS) is 1. The van der Waals surface area contributed by atoms with Gasteiger partial charge in [0.25, 0.3) is 0 Å². The van der Waals surface area contributed by atoms with Gasteiger partial charge >= 0.3 is 5.97 Å². The summed E-state index contributed by atoms with van der Waals surface area (Å²) in [7, 11) is 0. The molecular weight excluding hydrogens is 167 g/mol. The first kappa shape index (κ1) is 9.01. The summed E-state index contributed by atoms with van der Waals surface area (Å²) in [4.78, 5) is 9.91. The number of rotatable bonds is 3. The normalized spacial score (nSPS) is 16.8. The van der Waals surface area contributed by atoms with Crippen LogP contribution in [0.5, 0.6) is 0 Å². The van der Waals surface area contributed by atoms with Gasteiger partial charge in [-0.05, 0) is 0 Å². The van der Waals surface area contributed by atoms with Crippen LogP contribution in [0.1, 0.15) is 0 Å². The summed E-state index contributed by atoms with van der Waals surface area (Å²) in [5, 5.41) is 15.8. The van der Waals surface area contributed by atoms with Crippen LogP contribution in [0.4, 0.5) is 0 Å². The van der Waals surface area contributed by atoms with Crippen molar-refractivity contribution in [1.29, 1.82) is 0 Å². The average molecular weight is 173 g/mol. The molecule has 2 atom stereocenters. The number of hydrogen-bond donors (Lipinski definition) is 2. The molecule has 0 fully saturated rings. The first-order valence-electron chi connectivity index (χ1n) is 2.20. The number of aliphatic hydroxyl groups excluding tert-OH is 1. The van der Waals surface area contributed by atoms with Crippen LogP contribution in [0, 0.1) is 0 Å². The molecule has 3 nitrogen and oxygen atoms in total. The second-order valence-electron chi connectivity index (χ2n) is 1.45. The lowest BCUT2D eigenvalue weighted by atomic mass is 10.3. The van der Waals surface area contributed by atoms with Gasteiger partial charge in [0.15, 0.2) is 6.10 Å². The summed E-state index contributed by atoms with van der Waals surface area (Å²) in [6, 6.07) is 0. The SMILES string of the molecule is O=C(O)C(O)C(Cl)CCl. The molecule has 9 heavy (non-hydrogen) atoms. The standard InChI is InChI=1S/C4H6Cl2O3/c5-1-2(6)3(7)4(8)9/h2-3,7H,1H2,(H,8,9). The maximum atomic E-state index is 9.91. The third kappa shape index (κ3) is 2.89. The van der Waals surface area contributed by atoms with E-state index in [1.807, 2.05) is 0 Å². The van der Waals surface area contributed by atoms with Crippen molar-refractivity contribution in [3.05, 3.63) is 0 Å². The van der Waals surface area contributed by atoms with Crippen LogP contribution in [0.2, 0.25) is 0 Å². The fraction of sp³-hybridized carbons (Fsp3) is 0.750. The molecule has 0 saturated heterocycles. The van der Waals surface area contributed by atoms with Crippen molar-refractivity contribution in [2.75, 3.05) is 5.88 Å². The second-order valence-corrected chi connectivity index (χ2v) is 2.32. The molecule has 2 N–H and O–H groups in total. The Bertz CT molecular complexity index is 106. The van der Waals surface area contributed by atoms with Crippen molar-refractivity contribution in [3.8, 4) is 0 Å². The predicted octanol–water partition coefficient (Wildman–Crippen LogP) is 0.278. The number of aliphatic hydroxyl groups is 1. The highest BCUT2D eigenvalue weighted by Gasteiger charge is 2.22. The molecule has 2 unspecified atom stereocenters. The molecule has 0 amide bonds. The fourth-order valence-corrected chi connectivity index (χ4v) is 0.516. The van der Waals surface area contributed by atoms with Crippen LogP contribution in [-0.2, 0) is 4.79 Å². The van der Waals surface area contributed by atoms with Gasteiger partial charge in [-0.2, -0.15) is 0 Å². The van der Waals surface area contributed by atoms with E-state index in [2.05, 4.69) is 0 Å². The van der Waals surface area contributed by atoms with Crippen LogP contribution in [0.3, 0.4) is 0 Å². The molecule has 0 rings (SSSR count). The molecule has 5 heteroatoms. The zero-order valence-electron chi connectivity index (χ0n) is 4.42. The van der Waals surface area contributed by atoms with E-state index in [1.54, 1.807) is 0 Å². The van der Waals surface area contributed by atoms with E-state index in [0.29, 0.717) is 0 Å². The Morgan fingerprint density at radius 2 is 2.11 bits per heavy atom. The lowest BCUT2D eigenvalue weighted by Crippen LogP contribution is -2.30. The van der Waals surface area contributed by atoms with E-state index in [-0.39, 0.29) is 5.88 Å². The fourth-order valence-electron chi connectivity index (χ4n) is 0.239. The second kappa shape index (κ2) is 3.93. The Balaban J connectivity index is 3.72. The van der Waals surface area contributed by atoms with E-state index in [9.17, 15) is 4.79 Å². The lowest BCUT2D eigenvalue weighted by molar-refractivity contribution is -0.146. The largest absolute Gasteiger partial charge is 0.479 e. The molecule has 0 aliphatic heterocycles. The first-order chi connectivity index (χ1) is 4.09. The van der Waals surface area contributed by atoms with Gasteiger partial charge in [-0.1, -0.05) is 0 Å². The van der Waals surface area contributed by atoms with Gasteiger partial charge in [-0.25, -0.2) is 4.79 Å². The minimum absolute atomic E-state index is 0.0744. The highest BCUT2D eigenvalue weighted by atomic mass is 35.5. The molecule has 0 spiro atoms. The molecule has 0 heterocycles. The molecule has 0 aliphatic rings. The molecule has 0 aliphatic carbocycles. The van der Waals surface area contributed by atoms with Gasteiger partial charge in [0.1, 0.15) is 0 Å². The van der Waals surface area contributed by atoms with Gasteiger partial charge in [0.05, 0.1) is 5.38 Å². The Morgan fingerprint density at radius 1 is 1.67 bits per heavy atom. The summed E-state index contributed by atoms with van der Waals surface area (Å²) < 4.78 is 0. The molecule has 0 aromatic rings. The molecular formula is C4H6Cl2O3.